The van der Waals surface area contributed by atoms with Gasteiger partial charge in [-0.2, -0.15) is 0 Å². The van der Waals surface area contributed by atoms with Crippen LogP contribution in [0.15, 0.2) is 53.7 Å². The molecule has 0 bridgehead atoms. The van der Waals surface area contributed by atoms with Gasteiger partial charge in [0.25, 0.3) is 0 Å². The summed E-state index contributed by atoms with van der Waals surface area (Å²) in [6.45, 7) is 5.67. The standard InChI is InChI=1S/C18H20N2OS/c1-3-21-15-10-11-17-16(12-15)19-18(22-4-2)20(17)13-14-8-6-5-7-9-14/h5-12H,3-4,13H2,1-2H3. The van der Waals surface area contributed by atoms with E-state index in [0.717, 1.165) is 34.2 Å². The van der Waals surface area contributed by atoms with Crippen molar-refractivity contribution in [1.82, 2.24) is 9.55 Å². The van der Waals surface area contributed by atoms with E-state index in [2.05, 4.69) is 41.8 Å². The molecule has 4 heteroatoms. The van der Waals surface area contributed by atoms with Crippen LogP contribution in [0.1, 0.15) is 19.4 Å². The number of imidazole rings is 1. The molecular weight excluding hydrogens is 292 g/mol. The summed E-state index contributed by atoms with van der Waals surface area (Å²) in [5.74, 6) is 1.89. The van der Waals surface area contributed by atoms with E-state index >= 15 is 0 Å². The van der Waals surface area contributed by atoms with E-state index in [4.69, 9.17) is 9.72 Å². The van der Waals surface area contributed by atoms with Crippen molar-refractivity contribution in [3.05, 3.63) is 54.1 Å². The average Bonchev–Trinajstić information content (AvgIpc) is 2.86. The molecule has 0 aliphatic rings. The molecule has 3 aromatic rings. The third-order valence-electron chi connectivity index (χ3n) is 3.45. The van der Waals surface area contributed by atoms with Crippen LogP contribution in [0.25, 0.3) is 11.0 Å². The van der Waals surface area contributed by atoms with Crippen molar-refractivity contribution in [2.45, 2.75) is 25.5 Å². The van der Waals surface area contributed by atoms with Crippen molar-refractivity contribution in [1.29, 1.82) is 0 Å². The van der Waals surface area contributed by atoms with Crippen LogP contribution >= 0.6 is 11.8 Å². The highest BCUT2D eigenvalue weighted by Crippen LogP contribution is 2.27. The maximum absolute atomic E-state index is 5.59. The van der Waals surface area contributed by atoms with Crippen LogP contribution in [0.3, 0.4) is 0 Å². The molecule has 0 spiro atoms. The van der Waals surface area contributed by atoms with Crippen molar-refractivity contribution in [2.75, 3.05) is 12.4 Å². The first-order chi connectivity index (χ1) is 10.8. The lowest BCUT2D eigenvalue weighted by Gasteiger charge is -2.09. The van der Waals surface area contributed by atoms with E-state index in [1.165, 1.54) is 5.56 Å². The molecule has 3 nitrogen and oxygen atoms in total. The Labute approximate surface area is 135 Å². The largest absolute Gasteiger partial charge is 0.494 e. The SMILES string of the molecule is CCOc1ccc2c(c1)nc(SCC)n2Cc1ccccc1. The molecule has 0 radical (unpaired) electrons. The van der Waals surface area contributed by atoms with Crippen molar-refractivity contribution in [2.24, 2.45) is 0 Å². The average molecular weight is 312 g/mol. The number of hydrogen-bond acceptors (Lipinski definition) is 3. The minimum Gasteiger partial charge on any atom is -0.494 e. The number of hydrogen-bond donors (Lipinski definition) is 0. The number of ether oxygens (including phenoxy) is 1. The van der Waals surface area contributed by atoms with E-state index in [0.29, 0.717) is 6.61 Å². The van der Waals surface area contributed by atoms with E-state index in [1.54, 1.807) is 11.8 Å². The molecule has 0 atom stereocenters. The third-order valence-corrected chi connectivity index (χ3v) is 4.31. The summed E-state index contributed by atoms with van der Waals surface area (Å²) < 4.78 is 7.87. The van der Waals surface area contributed by atoms with Crippen LogP contribution in [0.2, 0.25) is 0 Å². The van der Waals surface area contributed by atoms with Crippen molar-refractivity contribution < 1.29 is 4.74 Å². The highest BCUT2D eigenvalue weighted by molar-refractivity contribution is 7.99. The number of fused-ring (bicyclic) bond motifs is 1. The Hall–Kier alpha value is -1.94. The first-order valence-corrected chi connectivity index (χ1v) is 8.60. The molecule has 22 heavy (non-hydrogen) atoms. The quantitative estimate of drug-likeness (QED) is 0.623. The van der Waals surface area contributed by atoms with Gasteiger partial charge in [0.05, 0.1) is 24.2 Å². The number of thioether (sulfide) groups is 1. The number of nitrogens with zero attached hydrogens (tertiary/aromatic N) is 2. The fourth-order valence-electron chi connectivity index (χ4n) is 2.50. The monoisotopic (exact) mass is 312 g/mol. The van der Waals surface area contributed by atoms with Crippen LogP contribution < -0.4 is 4.74 Å². The summed E-state index contributed by atoms with van der Waals surface area (Å²) in [5, 5.41) is 1.06. The Morgan fingerprint density at radius 3 is 2.64 bits per heavy atom. The molecule has 2 aromatic carbocycles. The van der Waals surface area contributed by atoms with Gasteiger partial charge in [0.2, 0.25) is 0 Å². The summed E-state index contributed by atoms with van der Waals surface area (Å²) in [6.07, 6.45) is 0. The topological polar surface area (TPSA) is 27.1 Å². The molecule has 0 N–H and O–H groups in total. The van der Waals surface area contributed by atoms with Crippen molar-refractivity contribution in [3.8, 4) is 5.75 Å². The van der Waals surface area contributed by atoms with Gasteiger partial charge < -0.3 is 9.30 Å². The predicted octanol–water partition coefficient (Wildman–Crippen LogP) is 4.60. The van der Waals surface area contributed by atoms with E-state index in [-0.39, 0.29) is 0 Å². The maximum atomic E-state index is 5.59. The minimum absolute atomic E-state index is 0.673. The number of aromatic nitrogens is 2. The Balaban J connectivity index is 2.03. The van der Waals surface area contributed by atoms with E-state index in [9.17, 15) is 0 Å². The molecule has 0 fully saturated rings. The summed E-state index contributed by atoms with van der Waals surface area (Å²) in [7, 11) is 0. The second-order valence-electron chi connectivity index (χ2n) is 4.98. The normalized spacial score (nSPS) is 11.0. The minimum atomic E-state index is 0.673. The smallest absolute Gasteiger partial charge is 0.169 e. The summed E-state index contributed by atoms with van der Waals surface area (Å²) in [5.41, 5.74) is 3.44. The maximum Gasteiger partial charge on any atom is 0.169 e. The molecule has 0 aliphatic heterocycles. The Kier molecular flexibility index (Phi) is 4.68. The first-order valence-electron chi connectivity index (χ1n) is 7.61. The van der Waals surface area contributed by atoms with Crippen LogP contribution in [0.4, 0.5) is 0 Å². The first kappa shape index (κ1) is 15.0. The van der Waals surface area contributed by atoms with Gasteiger partial charge in [0.1, 0.15) is 5.75 Å². The lowest BCUT2D eigenvalue weighted by molar-refractivity contribution is 0.340. The van der Waals surface area contributed by atoms with Crippen LogP contribution in [-0.4, -0.2) is 21.9 Å². The van der Waals surface area contributed by atoms with Gasteiger partial charge in [-0.3, -0.25) is 0 Å². The molecular formula is C18H20N2OS. The molecule has 3 rings (SSSR count). The molecule has 0 saturated heterocycles. The summed E-state index contributed by atoms with van der Waals surface area (Å²) in [4.78, 5) is 4.79. The fourth-order valence-corrected chi connectivity index (χ4v) is 3.24. The number of rotatable bonds is 6. The van der Waals surface area contributed by atoms with Gasteiger partial charge in [0, 0.05) is 6.07 Å². The molecule has 114 valence electrons. The van der Waals surface area contributed by atoms with Gasteiger partial charge in [-0.15, -0.1) is 0 Å². The van der Waals surface area contributed by atoms with Gasteiger partial charge in [-0.05, 0) is 30.4 Å². The van der Waals surface area contributed by atoms with Gasteiger partial charge in [-0.1, -0.05) is 49.0 Å². The predicted molar refractivity (Wildman–Crippen MR) is 92.8 cm³/mol. The fraction of sp³-hybridized carbons (Fsp3) is 0.278. The molecule has 0 unspecified atom stereocenters. The number of benzene rings is 2. The Morgan fingerprint density at radius 2 is 1.91 bits per heavy atom. The molecule has 0 amide bonds. The highest BCUT2D eigenvalue weighted by atomic mass is 32.2. The molecule has 0 saturated carbocycles. The third kappa shape index (κ3) is 3.12. The van der Waals surface area contributed by atoms with Gasteiger partial charge >= 0.3 is 0 Å². The lowest BCUT2D eigenvalue weighted by Crippen LogP contribution is -2.01. The summed E-state index contributed by atoms with van der Waals surface area (Å²) >= 11 is 1.78. The summed E-state index contributed by atoms with van der Waals surface area (Å²) in [6, 6.07) is 16.7. The van der Waals surface area contributed by atoms with E-state index < -0.39 is 0 Å². The Morgan fingerprint density at radius 1 is 1.09 bits per heavy atom. The molecule has 0 aliphatic carbocycles. The van der Waals surface area contributed by atoms with Crippen molar-refractivity contribution in [3.63, 3.8) is 0 Å². The molecule has 1 aromatic heterocycles. The second-order valence-corrected chi connectivity index (χ2v) is 6.21. The second kappa shape index (κ2) is 6.88. The zero-order valence-electron chi connectivity index (χ0n) is 13.0. The zero-order valence-corrected chi connectivity index (χ0v) is 13.8. The zero-order chi connectivity index (χ0) is 15.4. The highest BCUT2D eigenvalue weighted by Gasteiger charge is 2.12. The van der Waals surface area contributed by atoms with Crippen LogP contribution in [-0.2, 0) is 6.54 Å². The lowest BCUT2D eigenvalue weighted by atomic mass is 10.2. The Bertz CT molecular complexity index is 752. The van der Waals surface area contributed by atoms with Gasteiger partial charge in [-0.25, -0.2) is 4.98 Å². The van der Waals surface area contributed by atoms with Crippen LogP contribution in [0.5, 0.6) is 5.75 Å². The molecule has 1 heterocycles. The van der Waals surface area contributed by atoms with E-state index in [1.807, 2.05) is 25.1 Å². The van der Waals surface area contributed by atoms with Crippen molar-refractivity contribution >= 4 is 22.8 Å². The van der Waals surface area contributed by atoms with Crippen LogP contribution in [0, 0.1) is 0 Å². The van der Waals surface area contributed by atoms with Gasteiger partial charge in [0.15, 0.2) is 5.16 Å².